The van der Waals surface area contributed by atoms with Gasteiger partial charge in [0.1, 0.15) is 6.67 Å². The molecule has 14 heteroatoms. The van der Waals surface area contributed by atoms with Crippen molar-refractivity contribution in [3.8, 4) is 0 Å². The van der Waals surface area contributed by atoms with Gasteiger partial charge in [0.2, 0.25) is 0 Å². The average molecular weight is 521 g/mol. The highest BCUT2D eigenvalue weighted by atomic mass is 35.5. The van der Waals surface area contributed by atoms with Crippen LogP contribution >= 0.6 is 23.2 Å². The maximum Gasteiger partial charge on any atom is 0.276 e. The lowest BCUT2D eigenvalue weighted by Crippen LogP contribution is -2.16. The molecule has 4 aromatic rings. The summed E-state index contributed by atoms with van der Waals surface area (Å²) in [5.74, 6) is -0.421. The van der Waals surface area contributed by atoms with Crippen molar-refractivity contribution < 1.29 is 13.2 Å². The Morgan fingerprint density at radius 3 is 2.35 bits per heavy atom. The van der Waals surface area contributed by atoms with Gasteiger partial charge in [-0.25, -0.2) is 13.1 Å². The molecule has 0 atom stereocenters. The summed E-state index contributed by atoms with van der Waals surface area (Å²) < 4.78 is 30.6. The zero-order chi connectivity index (χ0) is 24.5. The van der Waals surface area contributed by atoms with Crippen LogP contribution < -0.4 is 10.0 Å². The van der Waals surface area contributed by atoms with Crippen LogP contribution in [0, 0.1) is 13.8 Å². The zero-order valence-corrected chi connectivity index (χ0v) is 20.2. The standard InChI is InChI=1S/C20H18Cl2N8O3S/c1-12-19(22)13(2)30(26-12)11-29-10-9-16(27-29)20(31)23-14-3-5-15(6-4-14)34(32,33)28-18-8-7-17(21)24-25-18/h3-10H,11H2,1-2H3,(H,23,31)(H,25,28). The van der Waals surface area contributed by atoms with Crippen molar-refractivity contribution in [3.05, 3.63) is 75.9 Å². The minimum Gasteiger partial charge on any atom is -0.321 e. The first-order chi connectivity index (χ1) is 16.1. The molecule has 4 rings (SSSR count). The lowest BCUT2D eigenvalue weighted by molar-refractivity contribution is 0.102. The molecule has 176 valence electrons. The molecule has 0 aliphatic rings. The molecule has 34 heavy (non-hydrogen) atoms. The van der Waals surface area contributed by atoms with Gasteiger partial charge in [0.15, 0.2) is 16.7 Å². The first-order valence-corrected chi connectivity index (χ1v) is 12.0. The van der Waals surface area contributed by atoms with Crippen molar-refractivity contribution >= 4 is 50.6 Å². The quantitative estimate of drug-likeness (QED) is 0.381. The third-order valence-electron chi connectivity index (χ3n) is 4.74. The van der Waals surface area contributed by atoms with Crippen LogP contribution in [0.5, 0.6) is 0 Å². The van der Waals surface area contributed by atoms with Gasteiger partial charge in [0, 0.05) is 11.9 Å². The Labute approximate surface area is 204 Å². The van der Waals surface area contributed by atoms with Crippen molar-refractivity contribution in [1.29, 1.82) is 0 Å². The summed E-state index contributed by atoms with van der Waals surface area (Å²) in [7, 11) is -3.90. The maximum absolute atomic E-state index is 12.6. The fourth-order valence-electron chi connectivity index (χ4n) is 2.99. The summed E-state index contributed by atoms with van der Waals surface area (Å²) in [5.41, 5.74) is 2.10. The normalized spacial score (nSPS) is 11.4. The predicted octanol–water partition coefficient (Wildman–Crippen LogP) is 3.35. The fraction of sp³-hybridized carbons (Fsp3) is 0.150. The van der Waals surface area contributed by atoms with E-state index in [0.29, 0.717) is 23.1 Å². The van der Waals surface area contributed by atoms with Gasteiger partial charge in [-0.05, 0) is 56.3 Å². The van der Waals surface area contributed by atoms with Crippen LogP contribution in [-0.4, -0.2) is 44.1 Å². The Balaban J connectivity index is 1.41. The third-order valence-corrected chi connectivity index (χ3v) is 6.86. The SMILES string of the molecule is Cc1nn(Cn2ccc(C(=O)Nc3ccc(S(=O)(=O)Nc4ccc(Cl)nn4)cc3)n2)c(C)c1Cl. The Morgan fingerprint density at radius 2 is 1.74 bits per heavy atom. The molecule has 3 aromatic heterocycles. The second-order valence-corrected chi connectivity index (χ2v) is 9.64. The average Bonchev–Trinajstić information content (AvgIpc) is 3.36. The van der Waals surface area contributed by atoms with E-state index in [0.717, 1.165) is 5.69 Å². The molecule has 3 heterocycles. The van der Waals surface area contributed by atoms with Gasteiger partial charge in [0.25, 0.3) is 15.9 Å². The molecule has 2 N–H and O–H groups in total. The number of aryl methyl sites for hydroxylation is 1. The summed E-state index contributed by atoms with van der Waals surface area (Å²) in [5, 5.41) is 19.3. The number of nitrogens with zero attached hydrogens (tertiary/aromatic N) is 6. The highest BCUT2D eigenvalue weighted by Crippen LogP contribution is 2.20. The summed E-state index contributed by atoms with van der Waals surface area (Å²) in [6, 6.07) is 10.0. The lowest BCUT2D eigenvalue weighted by Gasteiger charge is -2.08. The van der Waals surface area contributed by atoms with Gasteiger partial charge >= 0.3 is 0 Å². The molecular weight excluding hydrogens is 503 g/mol. The number of anilines is 2. The van der Waals surface area contributed by atoms with E-state index >= 15 is 0 Å². The smallest absolute Gasteiger partial charge is 0.276 e. The van der Waals surface area contributed by atoms with Crippen molar-refractivity contribution in [3.63, 3.8) is 0 Å². The van der Waals surface area contributed by atoms with Gasteiger partial charge in [-0.3, -0.25) is 14.2 Å². The number of amides is 1. The van der Waals surface area contributed by atoms with Crippen LogP contribution in [0.3, 0.4) is 0 Å². The first-order valence-electron chi connectivity index (χ1n) is 9.79. The van der Waals surface area contributed by atoms with Crippen LogP contribution in [-0.2, 0) is 16.7 Å². The number of nitrogens with one attached hydrogen (secondary N) is 2. The number of hydrogen-bond acceptors (Lipinski definition) is 7. The molecule has 0 saturated heterocycles. The summed E-state index contributed by atoms with van der Waals surface area (Å²) in [6.45, 7) is 3.96. The van der Waals surface area contributed by atoms with E-state index in [1.54, 1.807) is 21.6 Å². The van der Waals surface area contributed by atoms with Crippen molar-refractivity contribution in [2.24, 2.45) is 0 Å². The summed E-state index contributed by atoms with van der Waals surface area (Å²) in [6.07, 6.45) is 1.65. The van der Waals surface area contributed by atoms with Gasteiger partial charge < -0.3 is 5.32 Å². The van der Waals surface area contributed by atoms with E-state index in [1.165, 1.54) is 36.4 Å². The van der Waals surface area contributed by atoms with E-state index < -0.39 is 15.9 Å². The Hall–Kier alpha value is -3.48. The van der Waals surface area contributed by atoms with Crippen molar-refractivity contribution in [2.45, 2.75) is 25.4 Å². The molecule has 0 saturated carbocycles. The molecule has 0 radical (unpaired) electrons. The number of hydrogen-bond donors (Lipinski definition) is 2. The monoisotopic (exact) mass is 520 g/mol. The highest BCUT2D eigenvalue weighted by molar-refractivity contribution is 7.92. The molecule has 0 spiro atoms. The number of carbonyl (C=O) groups is 1. The molecule has 0 aliphatic carbocycles. The van der Waals surface area contributed by atoms with Gasteiger partial charge in [-0.15, -0.1) is 10.2 Å². The second-order valence-electron chi connectivity index (χ2n) is 7.19. The number of rotatable bonds is 7. The maximum atomic E-state index is 12.6. The lowest BCUT2D eigenvalue weighted by atomic mass is 10.3. The molecule has 0 aliphatic heterocycles. The van der Waals surface area contributed by atoms with Crippen LogP contribution in [0.2, 0.25) is 10.2 Å². The van der Waals surface area contributed by atoms with Crippen LogP contribution in [0.25, 0.3) is 0 Å². The fourth-order valence-corrected chi connectivity index (χ4v) is 4.22. The Bertz CT molecular complexity index is 1450. The largest absolute Gasteiger partial charge is 0.321 e. The third kappa shape index (κ3) is 5.19. The molecule has 11 nitrogen and oxygen atoms in total. The zero-order valence-electron chi connectivity index (χ0n) is 17.9. The predicted molar refractivity (Wildman–Crippen MR) is 127 cm³/mol. The Kier molecular flexibility index (Phi) is 6.55. The van der Waals surface area contributed by atoms with E-state index in [-0.39, 0.29) is 21.6 Å². The van der Waals surface area contributed by atoms with E-state index in [1.807, 2.05) is 13.8 Å². The van der Waals surface area contributed by atoms with Crippen molar-refractivity contribution in [1.82, 2.24) is 29.8 Å². The minimum atomic E-state index is -3.90. The molecule has 0 bridgehead atoms. The van der Waals surface area contributed by atoms with E-state index in [4.69, 9.17) is 23.2 Å². The molecular formula is C20H18Cl2N8O3S. The number of aromatic nitrogens is 6. The van der Waals surface area contributed by atoms with Crippen molar-refractivity contribution in [2.75, 3.05) is 10.0 Å². The minimum absolute atomic E-state index is 0.0185. The number of halogens is 2. The Morgan fingerprint density at radius 1 is 1.00 bits per heavy atom. The van der Waals surface area contributed by atoms with Crippen LogP contribution in [0.15, 0.2) is 53.6 Å². The van der Waals surface area contributed by atoms with Gasteiger partial charge in [0.05, 0.1) is 21.3 Å². The van der Waals surface area contributed by atoms with Gasteiger partial charge in [-0.1, -0.05) is 23.2 Å². The number of carbonyl (C=O) groups excluding carboxylic acids is 1. The molecule has 0 unspecified atom stereocenters. The van der Waals surface area contributed by atoms with Crippen LogP contribution in [0.4, 0.5) is 11.5 Å². The number of sulfonamides is 1. The summed E-state index contributed by atoms with van der Waals surface area (Å²) in [4.78, 5) is 12.6. The molecule has 1 amide bonds. The molecule has 0 fully saturated rings. The second kappa shape index (κ2) is 9.41. The van der Waals surface area contributed by atoms with Crippen LogP contribution in [0.1, 0.15) is 21.9 Å². The topological polar surface area (TPSA) is 137 Å². The number of benzene rings is 1. The van der Waals surface area contributed by atoms with E-state index in [2.05, 4.69) is 30.4 Å². The molecule has 1 aromatic carbocycles. The van der Waals surface area contributed by atoms with E-state index in [9.17, 15) is 13.2 Å². The highest BCUT2D eigenvalue weighted by Gasteiger charge is 2.16. The van der Waals surface area contributed by atoms with Gasteiger partial charge in [-0.2, -0.15) is 10.2 Å². The first kappa shape index (κ1) is 23.7. The summed E-state index contributed by atoms with van der Waals surface area (Å²) >= 11 is 11.8.